The van der Waals surface area contributed by atoms with Gasteiger partial charge in [0.15, 0.2) is 0 Å². The lowest BCUT2D eigenvalue weighted by Gasteiger charge is -2.25. The fourth-order valence-electron chi connectivity index (χ4n) is 2.79. The normalized spacial score (nSPS) is 16.3. The molecular formula is C18H18ClNO6S. The molecule has 0 radical (unpaired) electrons. The number of hydrogen-bond acceptors (Lipinski definition) is 5. The number of halogens is 1. The van der Waals surface area contributed by atoms with Gasteiger partial charge in [0.1, 0.15) is 5.75 Å². The van der Waals surface area contributed by atoms with E-state index in [1.807, 2.05) is 12.1 Å². The van der Waals surface area contributed by atoms with E-state index in [0.717, 1.165) is 11.1 Å². The lowest BCUT2D eigenvalue weighted by molar-refractivity contribution is -0.0634. The number of nitrogens with one attached hydrogen (secondary N) is 1. The standard InChI is InChI=1S/C18H18ClNO6S/c19-14-3-5-15(6-4-14)27(23,24)20-10-9-12-1-7-16-13(11-12)2-8-17(25-16)26-18(21)22/h1,3-7,11,17,20H,2,8-10H2,(H,21,22). The van der Waals surface area contributed by atoms with E-state index in [2.05, 4.69) is 9.46 Å². The number of aryl methyl sites for hydroxylation is 1. The highest BCUT2D eigenvalue weighted by atomic mass is 35.5. The first-order chi connectivity index (χ1) is 12.8. The summed E-state index contributed by atoms with van der Waals surface area (Å²) < 4.78 is 37.2. The van der Waals surface area contributed by atoms with Gasteiger partial charge in [0.2, 0.25) is 16.3 Å². The fraction of sp³-hybridized carbons (Fsp3) is 0.278. The molecule has 2 aromatic rings. The summed E-state index contributed by atoms with van der Waals surface area (Å²) in [5.74, 6) is 0.581. The van der Waals surface area contributed by atoms with Crippen LogP contribution in [0.5, 0.6) is 5.75 Å². The zero-order valence-corrected chi connectivity index (χ0v) is 15.8. The third-order valence-electron chi connectivity index (χ3n) is 4.09. The molecule has 0 aliphatic carbocycles. The Labute approximate surface area is 161 Å². The average Bonchev–Trinajstić information content (AvgIpc) is 2.61. The maximum absolute atomic E-state index is 12.3. The number of rotatable bonds is 6. The van der Waals surface area contributed by atoms with Crippen LogP contribution in [0.2, 0.25) is 5.02 Å². The first-order valence-corrected chi connectivity index (χ1v) is 10.1. The summed E-state index contributed by atoms with van der Waals surface area (Å²) >= 11 is 5.78. The Kier molecular flexibility index (Phi) is 5.88. The SMILES string of the molecule is O=C(O)OC1CCc2cc(CCNS(=O)(=O)c3ccc(Cl)cc3)ccc2O1. The molecule has 1 aliphatic rings. The molecule has 0 saturated carbocycles. The van der Waals surface area contributed by atoms with E-state index in [1.165, 1.54) is 24.3 Å². The summed E-state index contributed by atoms with van der Waals surface area (Å²) in [4.78, 5) is 10.7. The Hall–Kier alpha value is -2.29. The maximum atomic E-state index is 12.3. The number of sulfonamides is 1. The molecule has 0 fully saturated rings. The molecule has 1 unspecified atom stereocenters. The van der Waals surface area contributed by atoms with Crippen molar-refractivity contribution in [2.45, 2.75) is 30.4 Å². The van der Waals surface area contributed by atoms with Gasteiger partial charge in [-0.1, -0.05) is 23.7 Å². The number of carbonyl (C=O) groups is 1. The van der Waals surface area contributed by atoms with Gasteiger partial charge in [0.05, 0.1) is 4.90 Å². The van der Waals surface area contributed by atoms with Crippen molar-refractivity contribution in [3.63, 3.8) is 0 Å². The van der Waals surface area contributed by atoms with Crippen LogP contribution in [0.15, 0.2) is 47.4 Å². The minimum atomic E-state index is -3.59. The van der Waals surface area contributed by atoms with E-state index in [9.17, 15) is 13.2 Å². The molecule has 144 valence electrons. The maximum Gasteiger partial charge on any atom is 0.508 e. The van der Waals surface area contributed by atoms with Crippen LogP contribution in [-0.2, 0) is 27.6 Å². The number of benzene rings is 2. The molecule has 0 amide bonds. The topological polar surface area (TPSA) is 102 Å². The highest BCUT2D eigenvalue weighted by Gasteiger charge is 2.23. The van der Waals surface area contributed by atoms with E-state index in [4.69, 9.17) is 21.4 Å². The second-order valence-electron chi connectivity index (χ2n) is 6.01. The van der Waals surface area contributed by atoms with E-state index < -0.39 is 22.5 Å². The largest absolute Gasteiger partial charge is 0.508 e. The van der Waals surface area contributed by atoms with Crippen molar-refractivity contribution in [1.82, 2.24) is 4.72 Å². The molecule has 2 aromatic carbocycles. The first kappa shape index (κ1) is 19.5. The Bertz CT molecular complexity index is 929. The highest BCUT2D eigenvalue weighted by molar-refractivity contribution is 7.89. The van der Waals surface area contributed by atoms with Gasteiger partial charge in [-0.2, -0.15) is 0 Å². The summed E-state index contributed by atoms with van der Waals surface area (Å²) in [6.07, 6.45) is -0.598. The summed E-state index contributed by atoms with van der Waals surface area (Å²) in [5, 5.41) is 9.13. The van der Waals surface area contributed by atoms with Crippen LogP contribution in [-0.4, -0.2) is 32.5 Å². The molecule has 1 heterocycles. The van der Waals surface area contributed by atoms with Crippen LogP contribution in [0.4, 0.5) is 4.79 Å². The molecule has 7 nitrogen and oxygen atoms in total. The molecule has 0 bridgehead atoms. The minimum Gasteiger partial charge on any atom is -0.454 e. The molecule has 1 atom stereocenters. The second-order valence-corrected chi connectivity index (χ2v) is 8.22. The van der Waals surface area contributed by atoms with Gasteiger partial charge < -0.3 is 14.6 Å². The zero-order valence-electron chi connectivity index (χ0n) is 14.2. The Morgan fingerprint density at radius 1 is 1.26 bits per heavy atom. The van der Waals surface area contributed by atoms with Crippen LogP contribution in [0.25, 0.3) is 0 Å². The molecular weight excluding hydrogens is 394 g/mol. The molecule has 0 saturated heterocycles. The molecule has 27 heavy (non-hydrogen) atoms. The molecule has 2 N–H and O–H groups in total. The number of hydrogen-bond donors (Lipinski definition) is 2. The second kappa shape index (κ2) is 8.16. The monoisotopic (exact) mass is 411 g/mol. The van der Waals surface area contributed by atoms with Gasteiger partial charge in [-0.25, -0.2) is 17.9 Å². The van der Waals surface area contributed by atoms with E-state index in [-0.39, 0.29) is 11.4 Å². The van der Waals surface area contributed by atoms with Gasteiger partial charge in [-0.3, -0.25) is 0 Å². The van der Waals surface area contributed by atoms with E-state index in [1.54, 1.807) is 6.07 Å². The van der Waals surface area contributed by atoms with Crippen LogP contribution < -0.4 is 9.46 Å². The quantitative estimate of drug-likeness (QED) is 0.707. The van der Waals surface area contributed by atoms with Crippen LogP contribution in [0, 0.1) is 0 Å². The number of ether oxygens (including phenoxy) is 2. The van der Waals surface area contributed by atoms with E-state index >= 15 is 0 Å². The van der Waals surface area contributed by atoms with Crippen LogP contribution >= 0.6 is 11.6 Å². The van der Waals surface area contributed by atoms with Crippen molar-refractivity contribution in [2.24, 2.45) is 0 Å². The van der Waals surface area contributed by atoms with Crippen molar-refractivity contribution in [3.8, 4) is 5.75 Å². The summed E-state index contributed by atoms with van der Waals surface area (Å²) in [6.45, 7) is 0.245. The zero-order chi connectivity index (χ0) is 19.4. The Morgan fingerprint density at radius 3 is 2.70 bits per heavy atom. The average molecular weight is 412 g/mol. The van der Waals surface area contributed by atoms with E-state index in [0.29, 0.717) is 30.0 Å². The number of carboxylic acid groups (broad SMARTS) is 1. The molecule has 9 heteroatoms. The Balaban J connectivity index is 1.58. The van der Waals surface area contributed by atoms with Crippen LogP contribution in [0.1, 0.15) is 17.5 Å². The minimum absolute atomic E-state index is 0.162. The van der Waals surface area contributed by atoms with Gasteiger partial charge in [0.25, 0.3) is 0 Å². The molecule has 0 aromatic heterocycles. The Morgan fingerprint density at radius 2 is 2.00 bits per heavy atom. The van der Waals surface area contributed by atoms with Gasteiger partial charge in [-0.05, 0) is 54.3 Å². The van der Waals surface area contributed by atoms with Crippen molar-refractivity contribution in [2.75, 3.05) is 6.54 Å². The summed E-state index contributed by atoms with van der Waals surface area (Å²) in [5.41, 5.74) is 1.90. The lowest BCUT2D eigenvalue weighted by Crippen LogP contribution is -2.28. The predicted molar refractivity (Wildman–Crippen MR) is 98.6 cm³/mol. The van der Waals surface area contributed by atoms with Crippen molar-refractivity contribution >= 4 is 27.8 Å². The van der Waals surface area contributed by atoms with Crippen molar-refractivity contribution in [1.29, 1.82) is 0 Å². The van der Waals surface area contributed by atoms with Gasteiger partial charge >= 0.3 is 6.16 Å². The molecule has 3 rings (SSSR count). The third kappa shape index (κ3) is 5.12. The number of fused-ring (bicyclic) bond motifs is 1. The lowest BCUT2D eigenvalue weighted by atomic mass is 10.0. The van der Waals surface area contributed by atoms with Crippen molar-refractivity contribution in [3.05, 3.63) is 58.6 Å². The first-order valence-electron chi connectivity index (χ1n) is 8.27. The van der Waals surface area contributed by atoms with Crippen LogP contribution in [0.3, 0.4) is 0 Å². The summed E-state index contributed by atoms with van der Waals surface area (Å²) in [6, 6.07) is 11.5. The van der Waals surface area contributed by atoms with Gasteiger partial charge in [-0.15, -0.1) is 0 Å². The molecule has 1 aliphatic heterocycles. The molecule has 0 spiro atoms. The van der Waals surface area contributed by atoms with Gasteiger partial charge in [0, 0.05) is 18.0 Å². The summed E-state index contributed by atoms with van der Waals surface area (Å²) in [7, 11) is -3.59. The predicted octanol–water partition coefficient (Wildman–Crippen LogP) is 3.21. The smallest absolute Gasteiger partial charge is 0.454 e. The van der Waals surface area contributed by atoms with Crippen molar-refractivity contribution < 1.29 is 27.8 Å². The fourth-order valence-corrected chi connectivity index (χ4v) is 3.95. The third-order valence-corrected chi connectivity index (χ3v) is 5.82. The highest BCUT2D eigenvalue weighted by Crippen LogP contribution is 2.29.